The number of benzene rings is 1. The number of para-hydroxylation sites is 1. The second kappa shape index (κ2) is 3.85. The molecule has 1 aliphatic heterocycles. The minimum Gasteiger partial charge on any atom is -0.506 e. The summed E-state index contributed by atoms with van der Waals surface area (Å²) in [4.78, 5) is 24.6. The molecule has 1 aromatic heterocycles. The van der Waals surface area contributed by atoms with Gasteiger partial charge in [-0.15, -0.1) is 0 Å². The van der Waals surface area contributed by atoms with Gasteiger partial charge in [0.2, 0.25) is 0 Å². The van der Waals surface area contributed by atoms with Gasteiger partial charge in [0.1, 0.15) is 11.3 Å². The Hall–Kier alpha value is -2.30. The predicted octanol–water partition coefficient (Wildman–Crippen LogP) is 1.16. The lowest BCUT2D eigenvalue weighted by Crippen LogP contribution is -2.33. The molecular formula is C15H14N2O3. The molecule has 0 radical (unpaired) electrons. The summed E-state index contributed by atoms with van der Waals surface area (Å²) in [5, 5.41) is 13.7. The van der Waals surface area contributed by atoms with E-state index in [1.165, 1.54) is 0 Å². The average Bonchev–Trinajstić information content (AvgIpc) is 3.13. The second-order valence-corrected chi connectivity index (χ2v) is 5.49. The number of carbonyl (C=O) groups excluding carboxylic acids is 1. The maximum Gasteiger partial charge on any atom is 0.267 e. The van der Waals surface area contributed by atoms with Gasteiger partial charge in [-0.1, -0.05) is 12.1 Å². The SMILES string of the molecule is O=C(NC1CC1)c1c(O)c2cccc3c2n(c1=O)CC3. The molecule has 2 aromatic rings. The van der Waals surface area contributed by atoms with Crippen LogP contribution in [0.4, 0.5) is 0 Å². The molecule has 20 heavy (non-hydrogen) atoms. The molecule has 102 valence electrons. The largest absolute Gasteiger partial charge is 0.506 e. The highest BCUT2D eigenvalue weighted by atomic mass is 16.3. The molecule has 5 heteroatoms. The molecule has 4 rings (SSSR count). The maximum absolute atomic E-state index is 12.5. The van der Waals surface area contributed by atoms with E-state index in [-0.39, 0.29) is 17.4 Å². The number of nitrogens with one attached hydrogen (secondary N) is 1. The van der Waals surface area contributed by atoms with Crippen molar-refractivity contribution < 1.29 is 9.90 Å². The lowest BCUT2D eigenvalue weighted by molar-refractivity contribution is 0.0946. The minimum atomic E-state index is -0.460. The van der Waals surface area contributed by atoms with E-state index in [1.807, 2.05) is 12.1 Å². The van der Waals surface area contributed by atoms with Gasteiger partial charge < -0.3 is 15.0 Å². The Bertz CT molecular complexity index is 803. The minimum absolute atomic E-state index is 0.122. The quantitative estimate of drug-likeness (QED) is 0.860. The number of aryl methyl sites for hydroxylation is 2. The van der Waals surface area contributed by atoms with Crippen LogP contribution in [0.2, 0.25) is 0 Å². The summed E-state index contributed by atoms with van der Waals surface area (Å²) < 4.78 is 1.60. The van der Waals surface area contributed by atoms with Crippen molar-refractivity contribution in [3.63, 3.8) is 0 Å². The summed E-state index contributed by atoms with van der Waals surface area (Å²) >= 11 is 0. The van der Waals surface area contributed by atoms with Gasteiger partial charge in [0.15, 0.2) is 0 Å². The Balaban J connectivity index is 1.99. The van der Waals surface area contributed by atoms with Crippen LogP contribution in [-0.4, -0.2) is 21.6 Å². The van der Waals surface area contributed by atoms with Gasteiger partial charge >= 0.3 is 0 Å². The van der Waals surface area contributed by atoms with Crippen molar-refractivity contribution in [3.05, 3.63) is 39.7 Å². The van der Waals surface area contributed by atoms with E-state index in [0.29, 0.717) is 11.9 Å². The van der Waals surface area contributed by atoms with Crippen LogP contribution >= 0.6 is 0 Å². The topological polar surface area (TPSA) is 71.3 Å². The fourth-order valence-corrected chi connectivity index (χ4v) is 2.91. The van der Waals surface area contributed by atoms with Crippen LogP contribution in [-0.2, 0) is 13.0 Å². The van der Waals surface area contributed by atoms with Crippen molar-refractivity contribution in [2.75, 3.05) is 0 Å². The summed E-state index contributed by atoms with van der Waals surface area (Å²) in [6, 6.07) is 5.71. The molecule has 1 aliphatic carbocycles. The zero-order chi connectivity index (χ0) is 13.9. The van der Waals surface area contributed by atoms with E-state index in [4.69, 9.17) is 0 Å². The molecule has 1 aromatic carbocycles. The highest BCUT2D eigenvalue weighted by Crippen LogP contribution is 2.32. The van der Waals surface area contributed by atoms with Gasteiger partial charge in [0, 0.05) is 18.0 Å². The number of amides is 1. The number of nitrogens with zero attached hydrogens (tertiary/aromatic N) is 1. The average molecular weight is 270 g/mol. The van der Waals surface area contributed by atoms with Gasteiger partial charge in [-0.3, -0.25) is 9.59 Å². The van der Waals surface area contributed by atoms with E-state index in [9.17, 15) is 14.7 Å². The number of rotatable bonds is 2. The van der Waals surface area contributed by atoms with Crippen molar-refractivity contribution in [2.45, 2.75) is 31.8 Å². The molecule has 2 N–H and O–H groups in total. The molecule has 1 fully saturated rings. The lowest BCUT2D eigenvalue weighted by atomic mass is 10.1. The van der Waals surface area contributed by atoms with Crippen molar-refractivity contribution >= 4 is 16.8 Å². The molecule has 5 nitrogen and oxygen atoms in total. The third-order valence-electron chi connectivity index (χ3n) is 4.08. The van der Waals surface area contributed by atoms with Crippen LogP contribution < -0.4 is 10.9 Å². The van der Waals surface area contributed by atoms with Crippen molar-refractivity contribution in [2.24, 2.45) is 0 Å². The Morgan fingerprint density at radius 1 is 1.35 bits per heavy atom. The summed E-state index contributed by atoms with van der Waals surface area (Å²) in [7, 11) is 0. The third kappa shape index (κ3) is 1.49. The van der Waals surface area contributed by atoms with Crippen molar-refractivity contribution in [1.29, 1.82) is 0 Å². The number of hydrogen-bond donors (Lipinski definition) is 2. The molecular weight excluding hydrogens is 256 g/mol. The molecule has 1 amide bonds. The van der Waals surface area contributed by atoms with Crippen molar-refractivity contribution in [1.82, 2.24) is 9.88 Å². The Morgan fingerprint density at radius 3 is 2.90 bits per heavy atom. The fourth-order valence-electron chi connectivity index (χ4n) is 2.91. The third-order valence-corrected chi connectivity index (χ3v) is 4.08. The first-order valence-corrected chi connectivity index (χ1v) is 6.85. The molecule has 0 unspecified atom stereocenters. The van der Waals surface area contributed by atoms with Gasteiger partial charge in [-0.2, -0.15) is 0 Å². The first kappa shape index (κ1) is 11.5. The standard InChI is InChI=1S/C15H14N2O3/c18-13-10-3-1-2-8-6-7-17(12(8)10)15(20)11(13)14(19)16-9-4-5-9/h1-3,9,18H,4-7H2,(H,16,19). The molecule has 2 aliphatic rings. The Kier molecular flexibility index (Phi) is 2.22. The molecule has 0 spiro atoms. The van der Waals surface area contributed by atoms with Crippen LogP contribution in [0.5, 0.6) is 5.75 Å². The van der Waals surface area contributed by atoms with Crippen LogP contribution in [0.3, 0.4) is 0 Å². The smallest absolute Gasteiger partial charge is 0.267 e. The molecule has 0 bridgehead atoms. The van der Waals surface area contributed by atoms with Gasteiger partial charge in [0.05, 0.1) is 5.52 Å². The van der Waals surface area contributed by atoms with Crippen LogP contribution in [0, 0.1) is 0 Å². The molecule has 2 heterocycles. The number of aromatic nitrogens is 1. The normalized spacial score (nSPS) is 16.6. The van der Waals surface area contributed by atoms with Gasteiger partial charge in [-0.25, -0.2) is 0 Å². The Morgan fingerprint density at radius 2 is 2.15 bits per heavy atom. The number of pyridine rings is 1. The first-order valence-electron chi connectivity index (χ1n) is 6.85. The van der Waals surface area contributed by atoms with Crippen LogP contribution in [0.25, 0.3) is 10.9 Å². The fraction of sp³-hybridized carbons (Fsp3) is 0.333. The summed E-state index contributed by atoms with van der Waals surface area (Å²) in [6.07, 6.45) is 2.65. The summed E-state index contributed by atoms with van der Waals surface area (Å²) in [5.41, 5.74) is 1.29. The highest BCUT2D eigenvalue weighted by Gasteiger charge is 2.29. The Labute approximate surface area is 114 Å². The van der Waals surface area contributed by atoms with Crippen LogP contribution in [0.1, 0.15) is 28.8 Å². The second-order valence-electron chi connectivity index (χ2n) is 5.49. The van der Waals surface area contributed by atoms with Gasteiger partial charge in [0.25, 0.3) is 11.5 Å². The molecule has 1 saturated carbocycles. The highest BCUT2D eigenvalue weighted by molar-refractivity contribution is 6.03. The number of hydrogen-bond acceptors (Lipinski definition) is 3. The maximum atomic E-state index is 12.5. The molecule has 0 atom stereocenters. The van der Waals surface area contributed by atoms with E-state index >= 15 is 0 Å². The van der Waals surface area contributed by atoms with E-state index in [1.54, 1.807) is 10.6 Å². The van der Waals surface area contributed by atoms with Crippen LogP contribution in [0.15, 0.2) is 23.0 Å². The zero-order valence-electron chi connectivity index (χ0n) is 10.8. The van der Waals surface area contributed by atoms with Gasteiger partial charge in [-0.05, 0) is 30.9 Å². The van der Waals surface area contributed by atoms with E-state index in [2.05, 4.69) is 5.32 Å². The van der Waals surface area contributed by atoms with Crippen molar-refractivity contribution in [3.8, 4) is 5.75 Å². The van der Waals surface area contributed by atoms with E-state index in [0.717, 1.165) is 30.3 Å². The summed E-state index contributed by atoms with van der Waals surface area (Å²) in [6.45, 7) is 0.568. The lowest BCUT2D eigenvalue weighted by Gasteiger charge is -2.11. The monoisotopic (exact) mass is 270 g/mol. The molecule has 0 saturated heterocycles. The first-order chi connectivity index (χ1) is 9.66. The number of aromatic hydroxyl groups is 1. The zero-order valence-corrected chi connectivity index (χ0v) is 10.8. The summed E-state index contributed by atoms with van der Waals surface area (Å²) in [5.74, 6) is -0.652. The number of carbonyl (C=O) groups is 1. The van der Waals surface area contributed by atoms with E-state index < -0.39 is 11.5 Å². The predicted molar refractivity (Wildman–Crippen MR) is 74.1 cm³/mol.